The van der Waals surface area contributed by atoms with Gasteiger partial charge in [-0.1, -0.05) is 30.3 Å². The molecule has 1 atom stereocenters. The van der Waals surface area contributed by atoms with Gasteiger partial charge in [0.1, 0.15) is 5.54 Å². The van der Waals surface area contributed by atoms with Crippen molar-refractivity contribution in [3.63, 3.8) is 0 Å². The van der Waals surface area contributed by atoms with Crippen LogP contribution in [0.3, 0.4) is 0 Å². The number of hydrogen-bond donors (Lipinski definition) is 3. The molecule has 7 heteroatoms. The van der Waals surface area contributed by atoms with Gasteiger partial charge in [-0.2, -0.15) is 0 Å². The van der Waals surface area contributed by atoms with Gasteiger partial charge < -0.3 is 10.6 Å². The van der Waals surface area contributed by atoms with Crippen molar-refractivity contribution in [2.45, 2.75) is 25.3 Å². The van der Waals surface area contributed by atoms with E-state index >= 15 is 0 Å². The third-order valence-electron chi connectivity index (χ3n) is 4.12. The summed E-state index contributed by atoms with van der Waals surface area (Å²) in [6.07, 6.45) is 1.84. The fraction of sp³-hybridized carbons (Fsp3) is 0.222. The van der Waals surface area contributed by atoms with E-state index in [9.17, 15) is 14.4 Å². The van der Waals surface area contributed by atoms with Gasteiger partial charge in [-0.3, -0.25) is 19.9 Å². The number of benzene rings is 1. The topological polar surface area (TPSA) is 100 Å². The lowest BCUT2D eigenvalue weighted by Crippen LogP contribution is -2.44. The molecule has 0 radical (unpaired) electrons. The Balaban J connectivity index is 1.75. The van der Waals surface area contributed by atoms with Gasteiger partial charge in [0.25, 0.3) is 5.91 Å². The molecule has 1 fully saturated rings. The maximum atomic E-state index is 12.4. The third kappa shape index (κ3) is 3.50. The van der Waals surface area contributed by atoms with Crippen LogP contribution in [0.1, 0.15) is 24.1 Å². The summed E-state index contributed by atoms with van der Waals surface area (Å²) in [5, 5.41) is 7.71. The fourth-order valence-electron chi connectivity index (χ4n) is 2.89. The zero-order valence-corrected chi connectivity index (χ0v) is 13.7. The summed E-state index contributed by atoms with van der Waals surface area (Å²) < 4.78 is 0. The average molecular weight is 338 g/mol. The number of carbonyl (C=O) groups is 3. The predicted molar refractivity (Wildman–Crippen MR) is 91.6 cm³/mol. The number of nitrogens with one attached hydrogen (secondary N) is 3. The number of carbonyl (C=O) groups excluding carboxylic acids is 3. The van der Waals surface area contributed by atoms with Crippen LogP contribution in [-0.2, 0) is 15.1 Å². The van der Waals surface area contributed by atoms with Crippen molar-refractivity contribution in [1.82, 2.24) is 15.6 Å². The van der Waals surface area contributed by atoms with Crippen LogP contribution in [0.15, 0.2) is 48.7 Å². The standard InChI is InChI=1S/C18H18N4O3/c1-12-11-14(8-10-19-12)20-15(23)7-9-18(13-5-3-2-4-6-13)16(24)21-17(25)22-18/h2-6,8,10-11H,7,9H2,1H3,(H,19,20,23)(H2,21,22,24,25). The zero-order valence-electron chi connectivity index (χ0n) is 13.7. The molecule has 0 bridgehead atoms. The molecule has 3 rings (SSSR count). The minimum absolute atomic E-state index is 0.0734. The number of imide groups is 1. The number of urea groups is 1. The summed E-state index contributed by atoms with van der Waals surface area (Å²) in [4.78, 5) is 40.4. The molecule has 1 saturated heterocycles. The lowest BCUT2D eigenvalue weighted by Gasteiger charge is -2.26. The molecule has 3 N–H and O–H groups in total. The van der Waals surface area contributed by atoms with Crippen LogP contribution in [0.4, 0.5) is 10.5 Å². The number of pyridine rings is 1. The van der Waals surface area contributed by atoms with Crippen LogP contribution >= 0.6 is 0 Å². The molecule has 4 amide bonds. The molecule has 2 heterocycles. The van der Waals surface area contributed by atoms with E-state index in [1.165, 1.54) is 0 Å². The molecule has 25 heavy (non-hydrogen) atoms. The number of hydrogen-bond acceptors (Lipinski definition) is 4. The van der Waals surface area contributed by atoms with Gasteiger partial charge >= 0.3 is 6.03 Å². The van der Waals surface area contributed by atoms with Crippen molar-refractivity contribution in [3.8, 4) is 0 Å². The van der Waals surface area contributed by atoms with E-state index in [-0.39, 0.29) is 18.7 Å². The molecule has 128 valence electrons. The van der Waals surface area contributed by atoms with Gasteiger partial charge in [-0.25, -0.2) is 4.79 Å². The van der Waals surface area contributed by atoms with E-state index in [1.807, 2.05) is 13.0 Å². The average Bonchev–Trinajstić information content (AvgIpc) is 2.88. The van der Waals surface area contributed by atoms with Gasteiger partial charge in [0.05, 0.1) is 0 Å². The Morgan fingerprint density at radius 1 is 1.20 bits per heavy atom. The lowest BCUT2D eigenvalue weighted by molar-refractivity contribution is -0.125. The highest BCUT2D eigenvalue weighted by Crippen LogP contribution is 2.30. The predicted octanol–water partition coefficient (Wildman–Crippen LogP) is 1.84. The molecule has 1 aromatic heterocycles. The SMILES string of the molecule is Cc1cc(NC(=O)CCC2(c3ccccc3)NC(=O)NC2=O)ccn1. The highest BCUT2D eigenvalue weighted by molar-refractivity contribution is 6.07. The summed E-state index contributed by atoms with van der Waals surface area (Å²) in [6.45, 7) is 1.83. The minimum atomic E-state index is -1.23. The molecule has 0 aliphatic carbocycles. The Labute approximate surface area is 144 Å². The number of anilines is 1. The van der Waals surface area contributed by atoms with Crippen molar-refractivity contribution < 1.29 is 14.4 Å². The number of rotatable bonds is 5. The van der Waals surface area contributed by atoms with E-state index < -0.39 is 17.5 Å². The molecule has 2 aromatic rings. The Bertz CT molecular complexity index is 822. The van der Waals surface area contributed by atoms with Crippen molar-refractivity contribution in [2.75, 3.05) is 5.32 Å². The van der Waals surface area contributed by atoms with Crippen LogP contribution in [-0.4, -0.2) is 22.8 Å². The monoisotopic (exact) mass is 338 g/mol. The smallest absolute Gasteiger partial charge is 0.322 e. The summed E-state index contributed by atoms with van der Waals surface area (Å²) >= 11 is 0. The Morgan fingerprint density at radius 3 is 2.60 bits per heavy atom. The van der Waals surface area contributed by atoms with Gasteiger partial charge in [0.2, 0.25) is 5.91 Å². The van der Waals surface area contributed by atoms with Crippen LogP contribution in [0, 0.1) is 6.92 Å². The summed E-state index contributed by atoms with van der Waals surface area (Å²) in [5.74, 6) is -0.689. The molecule has 1 aromatic carbocycles. The summed E-state index contributed by atoms with van der Waals surface area (Å²) in [5.41, 5.74) is 0.849. The second-order valence-electron chi connectivity index (χ2n) is 5.91. The van der Waals surface area contributed by atoms with Crippen molar-refractivity contribution >= 4 is 23.5 Å². The minimum Gasteiger partial charge on any atom is -0.326 e. The van der Waals surface area contributed by atoms with E-state index in [2.05, 4.69) is 20.9 Å². The number of amides is 4. The first-order valence-corrected chi connectivity index (χ1v) is 7.91. The van der Waals surface area contributed by atoms with Crippen LogP contribution in [0.25, 0.3) is 0 Å². The van der Waals surface area contributed by atoms with Crippen LogP contribution in [0.5, 0.6) is 0 Å². The van der Waals surface area contributed by atoms with E-state index in [1.54, 1.807) is 42.6 Å². The lowest BCUT2D eigenvalue weighted by atomic mass is 9.85. The molecule has 0 saturated carbocycles. The molecule has 1 aliphatic rings. The first-order chi connectivity index (χ1) is 12.0. The zero-order chi connectivity index (χ0) is 17.9. The normalized spacial score (nSPS) is 19.2. The first kappa shape index (κ1) is 16.6. The molecule has 7 nitrogen and oxygen atoms in total. The Kier molecular flexibility index (Phi) is 4.47. The maximum absolute atomic E-state index is 12.4. The molecule has 0 spiro atoms. The second kappa shape index (κ2) is 6.72. The molecule has 1 aliphatic heterocycles. The highest BCUT2D eigenvalue weighted by Gasteiger charge is 2.47. The Morgan fingerprint density at radius 2 is 1.96 bits per heavy atom. The first-order valence-electron chi connectivity index (χ1n) is 7.91. The third-order valence-corrected chi connectivity index (χ3v) is 4.12. The quantitative estimate of drug-likeness (QED) is 0.724. The van der Waals surface area contributed by atoms with Crippen molar-refractivity contribution in [1.29, 1.82) is 0 Å². The van der Waals surface area contributed by atoms with Gasteiger partial charge in [0.15, 0.2) is 0 Å². The van der Waals surface area contributed by atoms with Gasteiger partial charge in [-0.15, -0.1) is 0 Å². The van der Waals surface area contributed by atoms with E-state index in [0.717, 1.165) is 5.69 Å². The molecule has 1 unspecified atom stereocenters. The van der Waals surface area contributed by atoms with Gasteiger partial charge in [-0.05, 0) is 31.0 Å². The fourth-order valence-corrected chi connectivity index (χ4v) is 2.89. The van der Waals surface area contributed by atoms with Crippen molar-refractivity contribution in [3.05, 3.63) is 59.9 Å². The molecular weight excluding hydrogens is 320 g/mol. The molecular formula is C18H18N4O3. The van der Waals surface area contributed by atoms with Crippen LogP contribution in [0.2, 0.25) is 0 Å². The van der Waals surface area contributed by atoms with Gasteiger partial charge in [0, 0.05) is 24.0 Å². The highest BCUT2D eigenvalue weighted by atomic mass is 16.2. The maximum Gasteiger partial charge on any atom is 0.322 e. The summed E-state index contributed by atoms with van der Waals surface area (Å²) in [7, 11) is 0. The van der Waals surface area contributed by atoms with E-state index in [0.29, 0.717) is 11.3 Å². The van der Waals surface area contributed by atoms with Crippen molar-refractivity contribution in [2.24, 2.45) is 0 Å². The summed E-state index contributed by atoms with van der Waals surface area (Å²) in [6, 6.07) is 11.8. The second-order valence-corrected chi connectivity index (χ2v) is 5.91. The number of nitrogens with zero attached hydrogens (tertiary/aromatic N) is 1. The van der Waals surface area contributed by atoms with Crippen LogP contribution < -0.4 is 16.0 Å². The van der Waals surface area contributed by atoms with E-state index in [4.69, 9.17) is 0 Å². The number of aromatic nitrogens is 1. The Hall–Kier alpha value is -3.22. The largest absolute Gasteiger partial charge is 0.326 e. The number of aryl methyl sites for hydroxylation is 1.